The number of hydrogen-bond acceptors (Lipinski definition) is 5. The maximum Gasteiger partial charge on any atom is 0.304 e. The molecule has 1 aliphatic rings. The van der Waals surface area contributed by atoms with Crippen LogP contribution in [0.15, 0.2) is 30.3 Å². The van der Waals surface area contributed by atoms with Gasteiger partial charge in [0.05, 0.1) is 6.42 Å². The van der Waals surface area contributed by atoms with Crippen LogP contribution < -0.4 is 0 Å². The van der Waals surface area contributed by atoms with Crippen molar-refractivity contribution in [1.82, 2.24) is 4.90 Å². The van der Waals surface area contributed by atoms with Crippen molar-refractivity contribution in [1.29, 1.82) is 0 Å². The zero-order valence-corrected chi connectivity index (χ0v) is 11.9. The Hall–Kier alpha value is -2.37. The largest absolute Gasteiger partial charge is 0.456 e. The highest BCUT2D eigenvalue weighted by molar-refractivity contribution is 5.81. The van der Waals surface area contributed by atoms with E-state index < -0.39 is 24.3 Å². The Labute approximate surface area is 122 Å². The second-order valence-electron chi connectivity index (χ2n) is 4.86. The molecule has 0 bridgehead atoms. The Kier molecular flexibility index (Phi) is 4.57. The first-order chi connectivity index (χ1) is 9.97. The summed E-state index contributed by atoms with van der Waals surface area (Å²) < 4.78 is 10.3. The number of esters is 2. The summed E-state index contributed by atoms with van der Waals surface area (Å²) in [6, 6.07) is 9.34. The normalized spacial score (nSPS) is 21.2. The summed E-state index contributed by atoms with van der Waals surface area (Å²) >= 11 is 0. The van der Waals surface area contributed by atoms with Crippen LogP contribution >= 0.6 is 0 Å². The van der Waals surface area contributed by atoms with E-state index in [1.807, 2.05) is 30.3 Å². The smallest absolute Gasteiger partial charge is 0.304 e. The lowest BCUT2D eigenvalue weighted by Crippen LogP contribution is -2.41. The third-order valence-electron chi connectivity index (χ3n) is 3.12. The van der Waals surface area contributed by atoms with Gasteiger partial charge in [-0.3, -0.25) is 19.3 Å². The molecule has 0 saturated carbocycles. The third kappa shape index (κ3) is 3.81. The number of nitrogens with zero attached hydrogens (tertiary/aromatic N) is 1. The van der Waals surface area contributed by atoms with Crippen LogP contribution in [-0.2, 0) is 30.4 Å². The maximum atomic E-state index is 12.1. The van der Waals surface area contributed by atoms with Crippen molar-refractivity contribution in [3.63, 3.8) is 0 Å². The van der Waals surface area contributed by atoms with Gasteiger partial charge in [-0.1, -0.05) is 30.3 Å². The maximum absolute atomic E-state index is 12.1. The van der Waals surface area contributed by atoms with Gasteiger partial charge in [-0.2, -0.15) is 0 Å². The molecule has 0 spiro atoms. The van der Waals surface area contributed by atoms with Crippen LogP contribution in [0.25, 0.3) is 0 Å². The van der Waals surface area contributed by atoms with Gasteiger partial charge in [0.1, 0.15) is 0 Å². The van der Waals surface area contributed by atoms with Gasteiger partial charge in [0, 0.05) is 20.4 Å². The second-order valence-corrected chi connectivity index (χ2v) is 4.86. The van der Waals surface area contributed by atoms with E-state index in [1.54, 1.807) is 0 Å². The first kappa shape index (κ1) is 15.0. The van der Waals surface area contributed by atoms with E-state index in [0.717, 1.165) is 5.56 Å². The Morgan fingerprint density at radius 3 is 2.33 bits per heavy atom. The Morgan fingerprint density at radius 1 is 1.14 bits per heavy atom. The van der Waals surface area contributed by atoms with Crippen LogP contribution in [0.1, 0.15) is 25.8 Å². The van der Waals surface area contributed by atoms with Crippen molar-refractivity contribution in [3.8, 4) is 0 Å². The zero-order chi connectivity index (χ0) is 15.4. The molecule has 1 aromatic carbocycles. The lowest BCUT2D eigenvalue weighted by molar-refractivity contribution is -0.174. The SMILES string of the molecule is CC(=O)OC1[C@@H](OC(C)=O)CC(=O)N1Cc1ccccc1. The predicted octanol–water partition coefficient (Wildman–Crippen LogP) is 1.24. The van der Waals surface area contributed by atoms with Crippen LogP contribution in [0.4, 0.5) is 0 Å². The number of benzene rings is 1. The van der Waals surface area contributed by atoms with Gasteiger partial charge in [-0.25, -0.2) is 0 Å². The van der Waals surface area contributed by atoms with Crippen molar-refractivity contribution in [2.45, 2.75) is 39.1 Å². The molecule has 1 saturated heterocycles. The summed E-state index contributed by atoms with van der Waals surface area (Å²) in [7, 11) is 0. The number of carbonyl (C=O) groups is 3. The average molecular weight is 291 g/mol. The zero-order valence-electron chi connectivity index (χ0n) is 11.9. The van der Waals surface area contributed by atoms with Crippen LogP contribution in [0.2, 0.25) is 0 Å². The highest BCUT2D eigenvalue weighted by atomic mass is 16.6. The molecule has 1 unspecified atom stereocenters. The van der Waals surface area contributed by atoms with Crippen LogP contribution in [0, 0.1) is 0 Å². The van der Waals surface area contributed by atoms with Gasteiger partial charge >= 0.3 is 11.9 Å². The molecule has 1 aromatic rings. The molecular formula is C15H17NO5. The monoisotopic (exact) mass is 291 g/mol. The minimum Gasteiger partial charge on any atom is -0.456 e. The topological polar surface area (TPSA) is 72.9 Å². The molecular weight excluding hydrogens is 274 g/mol. The molecule has 6 heteroatoms. The fraction of sp³-hybridized carbons (Fsp3) is 0.400. The van der Waals surface area contributed by atoms with E-state index in [4.69, 9.17) is 9.47 Å². The molecule has 1 aliphatic heterocycles. The van der Waals surface area contributed by atoms with Crippen LogP contribution in [0.3, 0.4) is 0 Å². The molecule has 0 radical (unpaired) electrons. The Morgan fingerprint density at radius 2 is 1.76 bits per heavy atom. The third-order valence-corrected chi connectivity index (χ3v) is 3.12. The molecule has 1 heterocycles. The molecule has 1 fully saturated rings. The highest BCUT2D eigenvalue weighted by Gasteiger charge is 2.44. The van der Waals surface area contributed by atoms with Crippen molar-refractivity contribution < 1.29 is 23.9 Å². The van der Waals surface area contributed by atoms with E-state index in [1.165, 1.54) is 18.7 Å². The lowest BCUT2D eigenvalue weighted by atomic mass is 10.2. The van der Waals surface area contributed by atoms with Crippen LogP contribution in [-0.4, -0.2) is 35.1 Å². The Bertz CT molecular complexity index is 542. The van der Waals surface area contributed by atoms with E-state index >= 15 is 0 Å². The molecule has 0 aromatic heterocycles. The number of rotatable bonds is 4. The number of ether oxygens (including phenoxy) is 2. The molecule has 112 valence electrons. The van der Waals surface area contributed by atoms with Crippen molar-refractivity contribution in [3.05, 3.63) is 35.9 Å². The molecule has 6 nitrogen and oxygen atoms in total. The predicted molar refractivity (Wildman–Crippen MR) is 72.7 cm³/mol. The van der Waals surface area contributed by atoms with Gasteiger partial charge < -0.3 is 9.47 Å². The summed E-state index contributed by atoms with van der Waals surface area (Å²) in [6.45, 7) is 2.82. The molecule has 0 aliphatic carbocycles. The second kappa shape index (κ2) is 6.39. The van der Waals surface area contributed by atoms with Gasteiger partial charge in [0.15, 0.2) is 6.10 Å². The summed E-state index contributed by atoms with van der Waals surface area (Å²) in [5.74, 6) is -1.24. The molecule has 0 N–H and O–H groups in total. The van der Waals surface area contributed by atoms with E-state index in [0.29, 0.717) is 6.54 Å². The van der Waals surface area contributed by atoms with E-state index in [2.05, 4.69) is 0 Å². The van der Waals surface area contributed by atoms with Crippen LogP contribution in [0.5, 0.6) is 0 Å². The van der Waals surface area contributed by atoms with E-state index in [-0.39, 0.29) is 12.3 Å². The fourth-order valence-corrected chi connectivity index (χ4v) is 2.31. The average Bonchev–Trinajstić information content (AvgIpc) is 2.67. The minimum atomic E-state index is -0.876. The summed E-state index contributed by atoms with van der Waals surface area (Å²) in [4.78, 5) is 35.9. The van der Waals surface area contributed by atoms with Gasteiger partial charge in [0.2, 0.25) is 12.1 Å². The quantitative estimate of drug-likeness (QED) is 0.780. The standard InChI is InChI=1S/C15H17NO5/c1-10(17)20-13-8-14(19)16(15(13)21-11(2)18)9-12-6-4-3-5-7-12/h3-7,13,15H,8-9H2,1-2H3/t13-,15?/m0/s1. The van der Waals surface area contributed by atoms with Gasteiger partial charge in [0.25, 0.3) is 0 Å². The molecule has 2 rings (SSSR count). The number of likely N-dealkylation sites (tertiary alicyclic amines) is 1. The van der Waals surface area contributed by atoms with Crippen molar-refractivity contribution in [2.24, 2.45) is 0 Å². The number of carbonyl (C=O) groups excluding carboxylic acids is 3. The van der Waals surface area contributed by atoms with Crippen molar-refractivity contribution in [2.75, 3.05) is 0 Å². The van der Waals surface area contributed by atoms with Gasteiger partial charge in [-0.15, -0.1) is 0 Å². The molecule has 21 heavy (non-hydrogen) atoms. The lowest BCUT2D eigenvalue weighted by Gasteiger charge is -2.27. The Balaban J connectivity index is 2.18. The summed E-state index contributed by atoms with van der Waals surface area (Å²) in [5, 5.41) is 0. The van der Waals surface area contributed by atoms with E-state index in [9.17, 15) is 14.4 Å². The van der Waals surface area contributed by atoms with Gasteiger partial charge in [-0.05, 0) is 5.56 Å². The minimum absolute atomic E-state index is 0.0182. The fourth-order valence-electron chi connectivity index (χ4n) is 2.31. The van der Waals surface area contributed by atoms with Crippen molar-refractivity contribution >= 4 is 17.8 Å². The molecule has 2 atom stereocenters. The first-order valence-electron chi connectivity index (χ1n) is 6.65. The molecule has 1 amide bonds. The summed E-state index contributed by atoms with van der Waals surface area (Å²) in [6.07, 6.45) is -1.62. The highest BCUT2D eigenvalue weighted by Crippen LogP contribution is 2.25. The number of hydrogen-bond donors (Lipinski definition) is 0. The summed E-state index contributed by atoms with van der Waals surface area (Å²) in [5.41, 5.74) is 0.909. The number of amides is 1. The first-order valence-corrected chi connectivity index (χ1v) is 6.65.